The SMILES string of the molecule is CCOc1ccc(C(=O)N(C)Cc2nccn2C(F)F)cc1OC. The summed E-state index contributed by atoms with van der Waals surface area (Å²) < 4.78 is 37.0. The van der Waals surface area contributed by atoms with Crippen molar-refractivity contribution in [2.75, 3.05) is 20.8 Å². The first-order valence-corrected chi connectivity index (χ1v) is 7.34. The average molecular weight is 339 g/mol. The zero-order valence-corrected chi connectivity index (χ0v) is 13.7. The summed E-state index contributed by atoms with van der Waals surface area (Å²) >= 11 is 0. The number of benzene rings is 1. The van der Waals surface area contributed by atoms with Crippen molar-refractivity contribution in [3.63, 3.8) is 0 Å². The monoisotopic (exact) mass is 339 g/mol. The molecule has 0 atom stereocenters. The maximum Gasteiger partial charge on any atom is 0.319 e. The van der Waals surface area contributed by atoms with Crippen molar-refractivity contribution >= 4 is 5.91 Å². The molecule has 0 aliphatic rings. The Balaban J connectivity index is 2.17. The number of nitrogens with zero attached hydrogens (tertiary/aromatic N) is 3. The van der Waals surface area contributed by atoms with E-state index >= 15 is 0 Å². The van der Waals surface area contributed by atoms with Gasteiger partial charge < -0.3 is 14.4 Å². The van der Waals surface area contributed by atoms with E-state index in [0.717, 1.165) is 4.57 Å². The normalized spacial score (nSPS) is 10.8. The third-order valence-electron chi connectivity index (χ3n) is 3.39. The predicted octanol–water partition coefficient (Wildman–Crippen LogP) is 2.96. The standard InChI is InChI=1S/C16H19F2N3O3/c1-4-24-12-6-5-11(9-13(12)23-3)15(22)20(2)10-14-19-7-8-21(14)16(17)18/h5-9,16H,4,10H2,1-3H3. The number of carbonyl (C=O) groups excluding carboxylic acids is 1. The molecule has 24 heavy (non-hydrogen) atoms. The van der Waals surface area contributed by atoms with Gasteiger partial charge in [-0.25, -0.2) is 4.98 Å². The molecule has 0 spiro atoms. The van der Waals surface area contributed by atoms with E-state index in [4.69, 9.17) is 9.47 Å². The third-order valence-corrected chi connectivity index (χ3v) is 3.39. The van der Waals surface area contributed by atoms with Gasteiger partial charge >= 0.3 is 6.55 Å². The van der Waals surface area contributed by atoms with E-state index in [1.165, 1.54) is 31.5 Å². The van der Waals surface area contributed by atoms with Crippen LogP contribution in [0.3, 0.4) is 0 Å². The molecule has 2 rings (SSSR count). The first-order valence-electron chi connectivity index (χ1n) is 7.34. The number of alkyl halides is 2. The molecule has 1 heterocycles. The fourth-order valence-corrected chi connectivity index (χ4v) is 2.22. The number of methoxy groups -OCH3 is 1. The molecule has 2 aromatic rings. The molecule has 0 saturated heterocycles. The van der Waals surface area contributed by atoms with Crippen LogP contribution in [0, 0.1) is 0 Å². The van der Waals surface area contributed by atoms with E-state index in [9.17, 15) is 13.6 Å². The first kappa shape index (κ1) is 17.7. The highest BCUT2D eigenvalue weighted by atomic mass is 19.3. The molecule has 0 aliphatic heterocycles. The molecular weight excluding hydrogens is 320 g/mol. The highest BCUT2D eigenvalue weighted by Crippen LogP contribution is 2.28. The number of imidazole rings is 1. The number of rotatable bonds is 7. The van der Waals surface area contributed by atoms with Gasteiger partial charge in [0.25, 0.3) is 5.91 Å². The molecule has 6 nitrogen and oxygen atoms in total. The Labute approximate surface area is 138 Å². The fourth-order valence-electron chi connectivity index (χ4n) is 2.22. The molecule has 0 bridgehead atoms. The van der Waals surface area contributed by atoms with Crippen LogP contribution < -0.4 is 9.47 Å². The van der Waals surface area contributed by atoms with Crippen LogP contribution in [0.1, 0.15) is 29.7 Å². The lowest BCUT2D eigenvalue weighted by molar-refractivity contribution is 0.0612. The molecule has 0 N–H and O–H groups in total. The number of hydrogen-bond donors (Lipinski definition) is 0. The Morgan fingerprint density at radius 1 is 1.38 bits per heavy atom. The smallest absolute Gasteiger partial charge is 0.319 e. The van der Waals surface area contributed by atoms with Crippen LogP contribution in [0.2, 0.25) is 0 Å². The number of carbonyl (C=O) groups is 1. The second-order valence-electron chi connectivity index (χ2n) is 4.99. The van der Waals surface area contributed by atoms with Crippen LogP contribution in [0.5, 0.6) is 11.5 Å². The Morgan fingerprint density at radius 2 is 2.12 bits per heavy atom. The average Bonchev–Trinajstić information content (AvgIpc) is 3.03. The maximum atomic E-state index is 12.8. The van der Waals surface area contributed by atoms with Crippen molar-refractivity contribution in [3.05, 3.63) is 42.0 Å². The summed E-state index contributed by atoms with van der Waals surface area (Å²) in [5.41, 5.74) is 0.368. The quantitative estimate of drug-likeness (QED) is 0.778. The van der Waals surface area contributed by atoms with Gasteiger partial charge in [0.15, 0.2) is 11.5 Å². The van der Waals surface area contributed by atoms with Crippen LogP contribution in [-0.2, 0) is 6.54 Å². The summed E-state index contributed by atoms with van der Waals surface area (Å²) in [6.45, 7) is -0.417. The predicted molar refractivity (Wildman–Crippen MR) is 83.4 cm³/mol. The molecule has 0 unspecified atom stereocenters. The van der Waals surface area contributed by atoms with Crippen molar-refractivity contribution in [2.24, 2.45) is 0 Å². The van der Waals surface area contributed by atoms with Gasteiger partial charge in [-0.2, -0.15) is 8.78 Å². The Bertz CT molecular complexity index is 704. The van der Waals surface area contributed by atoms with Crippen molar-refractivity contribution < 1.29 is 23.0 Å². The van der Waals surface area contributed by atoms with Crippen LogP contribution in [0.25, 0.3) is 0 Å². The molecule has 0 fully saturated rings. The van der Waals surface area contributed by atoms with E-state index in [-0.39, 0.29) is 18.3 Å². The molecule has 1 aromatic carbocycles. The molecule has 1 amide bonds. The summed E-state index contributed by atoms with van der Waals surface area (Å²) in [7, 11) is 3.00. The molecule has 0 saturated carbocycles. The van der Waals surface area contributed by atoms with E-state index < -0.39 is 6.55 Å². The zero-order chi connectivity index (χ0) is 17.7. The minimum Gasteiger partial charge on any atom is -0.493 e. The van der Waals surface area contributed by atoms with E-state index in [0.29, 0.717) is 23.7 Å². The van der Waals surface area contributed by atoms with Gasteiger partial charge in [-0.1, -0.05) is 0 Å². The molecule has 0 aliphatic carbocycles. The summed E-state index contributed by atoms with van der Waals surface area (Å²) in [5.74, 6) is 0.747. The lowest BCUT2D eigenvalue weighted by atomic mass is 10.1. The van der Waals surface area contributed by atoms with Gasteiger partial charge in [-0.15, -0.1) is 0 Å². The van der Waals surface area contributed by atoms with E-state index in [2.05, 4.69) is 4.98 Å². The number of amides is 1. The van der Waals surface area contributed by atoms with Gasteiger partial charge in [-0.05, 0) is 25.1 Å². The summed E-state index contributed by atoms with van der Waals surface area (Å²) in [4.78, 5) is 17.7. The third kappa shape index (κ3) is 3.81. The molecular formula is C16H19F2N3O3. The van der Waals surface area contributed by atoms with Crippen molar-refractivity contribution in [3.8, 4) is 11.5 Å². The van der Waals surface area contributed by atoms with Gasteiger partial charge in [-0.3, -0.25) is 9.36 Å². The number of halogens is 2. The van der Waals surface area contributed by atoms with Crippen molar-refractivity contribution in [1.29, 1.82) is 0 Å². The summed E-state index contributed by atoms with van der Waals surface area (Å²) in [6.07, 6.45) is 2.46. The number of hydrogen-bond acceptors (Lipinski definition) is 4. The summed E-state index contributed by atoms with van der Waals surface area (Å²) in [5, 5.41) is 0. The largest absolute Gasteiger partial charge is 0.493 e. The Morgan fingerprint density at radius 3 is 2.75 bits per heavy atom. The van der Waals surface area contributed by atoms with Crippen molar-refractivity contribution in [1.82, 2.24) is 14.5 Å². The van der Waals surface area contributed by atoms with Gasteiger partial charge in [0.2, 0.25) is 0 Å². The highest BCUT2D eigenvalue weighted by Gasteiger charge is 2.18. The van der Waals surface area contributed by atoms with E-state index in [1.807, 2.05) is 6.92 Å². The van der Waals surface area contributed by atoms with Gasteiger partial charge in [0.05, 0.1) is 20.3 Å². The maximum absolute atomic E-state index is 12.8. The minimum absolute atomic E-state index is 0.0360. The zero-order valence-electron chi connectivity index (χ0n) is 13.7. The molecule has 0 radical (unpaired) electrons. The first-order chi connectivity index (χ1) is 11.5. The fraction of sp³-hybridized carbons (Fsp3) is 0.375. The lowest BCUT2D eigenvalue weighted by Crippen LogP contribution is -2.27. The topological polar surface area (TPSA) is 56.6 Å². The second kappa shape index (κ2) is 7.76. The minimum atomic E-state index is -2.70. The summed E-state index contributed by atoms with van der Waals surface area (Å²) in [6, 6.07) is 4.80. The van der Waals surface area contributed by atoms with Crippen molar-refractivity contribution in [2.45, 2.75) is 20.0 Å². The van der Waals surface area contributed by atoms with Crippen LogP contribution >= 0.6 is 0 Å². The Kier molecular flexibility index (Phi) is 5.73. The van der Waals surface area contributed by atoms with Gasteiger partial charge in [0.1, 0.15) is 5.82 Å². The van der Waals surface area contributed by atoms with Crippen LogP contribution in [0.15, 0.2) is 30.6 Å². The number of ether oxygens (including phenoxy) is 2. The van der Waals surface area contributed by atoms with E-state index in [1.54, 1.807) is 18.2 Å². The molecule has 130 valence electrons. The second-order valence-corrected chi connectivity index (χ2v) is 4.99. The molecule has 8 heteroatoms. The number of aromatic nitrogens is 2. The molecule has 1 aromatic heterocycles. The van der Waals surface area contributed by atoms with Gasteiger partial charge in [0, 0.05) is 25.0 Å². The highest BCUT2D eigenvalue weighted by molar-refractivity contribution is 5.94. The van der Waals surface area contributed by atoms with Crippen LogP contribution in [0.4, 0.5) is 8.78 Å². The van der Waals surface area contributed by atoms with Crippen LogP contribution in [-0.4, -0.2) is 41.1 Å². The lowest BCUT2D eigenvalue weighted by Gasteiger charge is -2.18. The Hall–Kier alpha value is -2.64.